The van der Waals surface area contributed by atoms with Crippen LogP contribution in [0.15, 0.2) is 0 Å². The van der Waals surface area contributed by atoms with E-state index in [0.29, 0.717) is 13.1 Å². The van der Waals surface area contributed by atoms with E-state index >= 15 is 0 Å². The smallest absolute Gasteiger partial charge is 0.410 e. The first-order chi connectivity index (χ1) is 7.82. The summed E-state index contributed by atoms with van der Waals surface area (Å²) in [6.07, 6.45) is 3.48. The lowest BCUT2D eigenvalue weighted by Gasteiger charge is -2.51. The number of carbonyl (C=O) groups excluding carboxylic acids is 1. The average molecular weight is 241 g/mol. The summed E-state index contributed by atoms with van der Waals surface area (Å²) in [5.74, 6) is 0. The second-order valence-electron chi connectivity index (χ2n) is 6.38. The molecule has 1 spiro atoms. The molecule has 1 saturated carbocycles. The van der Waals surface area contributed by atoms with E-state index in [-0.39, 0.29) is 17.6 Å². The van der Waals surface area contributed by atoms with E-state index in [2.05, 4.69) is 0 Å². The molecular formula is C13H23NO3. The van der Waals surface area contributed by atoms with Crippen LogP contribution in [0.4, 0.5) is 4.79 Å². The second-order valence-corrected chi connectivity index (χ2v) is 6.38. The minimum Gasteiger partial charge on any atom is -0.444 e. The third-order valence-corrected chi connectivity index (χ3v) is 4.03. The molecule has 0 aromatic carbocycles. The van der Waals surface area contributed by atoms with Gasteiger partial charge in [-0.3, -0.25) is 0 Å². The quantitative estimate of drug-likeness (QED) is 0.707. The number of rotatable bonds is 0. The van der Waals surface area contributed by atoms with Gasteiger partial charge in [-0.15, -0.1) is 0 Å². The van der Waals surface area contributed by atoms with Crippen LogP contribution in [0.1, 0.15) is 46.5 Å². The zero-order valence-electron chi connectivity index (χ0n) is 11.0. The molecule has 1 amide bonds. The van der Waals surface area contributed by atoms with Crippen molar-refractivity contribution in [1.82, 2.24) is 4.90 Å². The molecule has 1 aliphatic carbocycles. The van der Waals surface area contributed by atoms with Crippen LogP contribution in [0.5, 0.6) is 0 Å². The lowest BCUT2D eigenvalue weighted by molar-refractivity contribution is -0.0993. The van der Waals surface area contributed by atoms with Crippen LogP contribution < -0.4 is 0 Å². The summed E-state index contributed by atoms with van der Waals surface area (Å²) in [4.78, 5) is 13.6. The molecule has 0 aromatic rings. The van der Waals surface area contributed by atoms with Crippen LogP contribution in [0.3, 0.4) is 0 Å². The fourth-order valence-corrected chi connectivity index (χ4v) is 2.73. The molecule has 1 heterocycles. The van der Waals surface area contributed by atoms with Crippen LogP contribution in [0, 0.1) is 5.41 Å². The highest BCUT2D eigenvalue weighted by Gasteiger charge is 2.48. The lowest BCUT2D eigenvalue weighted by Crippen LogP contribution is -2.53. The molecule has 2 aliphatic rings. The third-order valence-electron chi connectivity index (χ3n) is 4.03. The SMILES string of the molecule is CC(C)(C)OC(=O)N1CCC2(CC[C@@H]2O)CC1. The van der Waals surface area contributed by atoms with E-state index in [1.165, 1.54) is 0 Å². The first kappa shape index (κ1) is 12.7. The first-order valence-corrected chi connectivity index (χ1v) is 6.48. The predicted octanol–water partition coefficient (Wildman–Crippen LogP) is 2.16. The summed E-state index contributed by atoms with van der Waals surface area (Å²) in [6.45, 7) is 7.07. The van der Waals surface area contributed by atoms with E-state index < -0.39 is 5.60 Å². The molecule has 4 nitrogen and oxygen atoms in total. The molecule has 0 bridgehead atoms. The zero-order valence-corrected chi connectivity index (χ0v) is 11.0. The summed E-state index contributed by atoms with van der Waals surface area (Å²) in [5.41, 5.74) is -0.319. The van der Waals surface area contributed by atoms with E-state index in [4.69, 9.17) is 4.74 Å². The van der Waals surface area contributed by atoms with Gasteiger partial charge >= 0.3 is 6.09 Å². The van der Waals surface area contributed by atoms with Crippen molar-refractivity contribution in [3.63, 3.8) is 0 Å². The number of piperidine rings is 1. The molecule has 98 valence electrons. The highest BCUT2D eigenvalue weighted by atomic mass is 16.6. The highest BCUT2D eigenvalue weighted by Crippen LogP contribution is 2.49. The molecule has 0 radical (unpaired) electrons. The van der Waals surface area contributed by atoms with Crippen LogP contribution in [-0.2, 0) is 4.74 Å². The molecule has 1 aliphatic heterocycles. The van der Waals surface area contributed by atoms with Crippen LogP contribution in [0.25, 0.3) is 0 Å². The van der Waals surface area contributed by atoms with Crippen LogP contribution in [0.2, 0.25) is 0 Å². The molecule has 0 aromatic heterocycles. The number of nitrogens with zero attached hydrogens (tertiary/aromatic N) is 1. The largest absolute Gasteiger partial charge is 0.444 e. The van der Waals surface area contributed by atoms with E-state index in [1.54, 1.807) is 4.90 Å². The van der Waals surface area contributed by atoms with Gasteiger partial charge in [0.15, 0.2) is 0 Å². The number of aliphatic hydroxyl groups is 1. The first-order valence-electron chi connectivity index (χ1n) is 6.48. The third kappa shape index (κ3) is 2.57. The fraction of sp³-hybridized carbons (Fsp3) is 0.923. The van der Waals surface area contributed by atoms with Gasteiger partial charge in [-0.25, -0.2) is 4.79 Å². The van der Waals surface area contributed by atoms with E-state index in [0.717, 1.165) is 25.7 Å². The Labute approximate surface area is 103 Å². The monoisotopic (exact) mass is 241 g/mol. The average Bonchev–Trinajstić information content (AvgIpc) is 2.25. The number of likely N-dealkylation sites (tertiary alicyclic amines) is 1. The second kappa shape index (κ2) is 4.16. The maximum atomic E-state index is 11.9. The van der Waals surface area contributed by atoms with Gasteiger partial charge in [-0.1, -0.05) is 0 Å². The summed E-state index contributed by atoms with van der Waals surface area (Å²) in [5, 5.41) is 9.80. The Morgan fingerprint density at radius 3 is 2.24 bits per heavy atom. The molecule has 1 saturated heterocycles. The molecule has 17 heavy (non-hydrogen) atoms. The lowest BCUT2D eigenvalue weighted by atomic mass is 9.61. The van der Waals surface area contributed by atoms with Crippen molar-refractivity contribution in [3.8, 4) is 0 Å². The van der Waals surface area contributed by atoms with E-state index in [1.807, 2.05) is 20.8 Å². The molecule has 1 atom stereocenters. The predicted molar refractivity (Wildman–Crippen MR) is 64.7 cm³/mol. The van der Waals surface area contributed by atoms with Crippen molar-refractivity contribution in [2.24, 2.45) is 5.41 Å². The van der Waals surface area contributed by atoms with Crippen molar-refractivity contribution >= 4 is 6.09 Å². The zero-order chi connectivity index (χ0) is 12.7. The Morgan fingerprint density at radius 1 is 1.29 bits per heavy atom. The molecular weight excluding hydrogens is 218 g/mol. The van der Waals surface area contributed by atoms with Crippen molar-refractivity contribution in [2.75, 3.05) is 13.1 Å². The molecule has 0 unspecified atom stereocenters. The van der Waals surface area contributed by atoms with Gasteiger partial charge in [0.1, 0.15) is 5.60 Å². The van der Waals surface area contributed by atoms with Crippen molar-refractivity contribution in [2.45, 2.75) is 58.2 Å². The topological polar surface area (TPSA) is 49.8 Å². The number of ether oxygens (including phenoxy) is 1. The van der Waals surface area contributed by atoms with Crippen molar-refractivity contribution in [3.05, 3.63) is 0 Å². The maximum absolute atomic E-state index is 11.9. The number of carbonyl (C=O) groups is 1. The number of hydrogen-bond donors (Lipinski definition) is 1. The molecule has 2 rings (SSSR count). The van der Waals surface area contributed by atoms with E-state index in [9.17, 15) is 9.90 Å². The Bertz CT molecular complexity index is 300. The van der Waals surface area contributed by atoms with Gasteiger partial charge in [0.2, 0.25) is 0 Å². The van der Waals surface area contributed by atoms with Crippen molar-refractivity contribution < 1.29 is 14.6 Å². The van der Waals surface area contributed by atoms with Gasteiger partial charge in [0.25, 0.3) is 0 Å². The minimum atomic E-state index is -0.428. The number of amides is 1. The minimum absolute atomic E-state index is 0.110. The number of aliphatic hydroxyl groups excluding tert-OH is 1. The maximum Gasteiger partial charge on any atom is 0.410 e. The summed E-state index contributed by atoms with van der Waals surface area (Å²) in [6, 6.07) is 0. The summed E-state index contributed by atoms with van der Waals surface area (Å²) in [7, 11) is 0. The Hall–Kier alpha value is -0.770. The summed E-state index contributed by atoms with van der Waals surface area (Å²) >= 11 is 0. The standard InChI is InChI=1S/C13H23NO3/c1-12(2,3)17-11(16)14-8-6-13(7-9-14)5-4-10(13)15/h10,15H,4-9H2,1-3H3/t10-/m0/s1. The molecule has 4 heteroatoms. The summed E-state index contributed by atoms with van der Waals surface area (Å²) < 4.78 is 5.35. The highest BCUT2D eigenvalue weighted by molar-refractivity contribution is 5.68. The van der Waals surface area contributed by atoms with Gasteiger partial charge in [-0.2, -0.15) is 0 Å². The Kier molecular flexibility index (Phi) is 3.10. The Balaban J connectivity index is 1.85. The van der Waals surface area contributed by atoms with Gasteiger partial charge in [0.05, 0.1) is 6.10 Å². The van der Waals surface area contributed by atoms with Crippen LogP contribution >= 0.6 is 0 Å². The number of hydrogen-bond acceptors (Lipinski definition) is 3. The Morgan fingerprint density at radius 2 is 1.88 bits per heavy atom. The van der Waals surface area contributed by atoms with Crippen molar-refractivity contribution in [1.29, 1.82) is 0 Å². The van der Waals surface area contributed by atoms with Gasteiger partial charge in [0, 0.05) is 13.1 Å². The van der Waals surface area contributed by atoms with Gasteiger partial charge in [-0.05, 0) is 51.9 Å². The fourth-order valence-electron chi connectivity index (χ4n) is 2.73. The van der Waals surface area contributed by atoms with Gasteiger partial charge < -0.3 is 14.7 Å². The normalized spacial score (nSPS) is 27.8. The molecule has 2 fully saturated rings. The van der Waals surface area contributed by atoms with Crippen LogP contribution in [-0.4, -0.2) is 40.9 Å². The molecule has 1 N–H and O–H groups in total.